The molecule has 4 nitrogen and oxygen atoms in total. The van der Waals surface area contributed by atoms with Gasteiger partial charge in [0, 0.05) is 11.2 Å². The molecule has 0 radical (unpaired) electrons. The van der Waals surface area contributed by atoms with Gasteiger partial charge in [-0.25, -0.2) is 0 Å². The molecular weight excluding hydrogens is 454 g/mol. The molecule has 29 heavy (non-hydrogen) atoms. The zero-order chi connectivity index (χ0) is 20.6. The van der Waals surface area contributed by atoms with Crippen LogP contribution in [0.5, 0.6) is 17.2 Å². The minimum atomic E-state index is 0.387. The van der Waals surface area contributed by atoms with Crippen molar-refractivity contribution in [3.63, 3.8) is 0 Å². The molecular formula is C23H21BrClNO3. The maximum absolute atomic E-state index is 6.05. The van der Waals surface area contributed by atoms with Gasteiger partial charge in [-0.15, -0.1) is 0 Å². The van der Waals surface area contributed by atoms with Gasteiger partial charge in [0.05, 0.1) is 23.9 Å². The fraction of sp³-hybridized carbons (Fsp3) is 0.174. The SMILES string of the molecule is CCOc1cc(C=Nc2ccc(OC)cc2)cc(Br)c1OCc1cccc(Cl)c1. The second kappa shape index (κ2) is 10.3. The highest BCUT2D eigenvalue weighted by Crippen LogP contribution is 2.37. The summed E-state index contributed by atoms with van der Waals surface area (Å²) in [6, 6.07) is 19.0. The molecule has 0 N–H and O–H groups in total. The van der Waals surface area contributed by atoms with Gasteiger partial charge < -0.3 is 14.2 Å². The Morgan fingerprint density at radius 3 is 2.52 bits per heavy atom. The summed E-state index contributed by atoms with van der Waals surface area (Å²) in [4.78, 5) is 4.51. The molecule has 0 bridgehead atoms. The Morgan fingerprint density at radius 2 is 1.83 bits per heavy atom. The van der Waals surface area contributed by atoms with Crippen molar-refractivity contribution in [3.05, 3.63) is 81.3 Å². The van der Waals surface area contributed by atoms with E-state index in [4.69, 9.17) is 25.8 Å². The summed E-state index contributed by atoms with van der Waals surface area (Å²) in [6.07, 6.45) is 1.79. The summed E-state index contributed by atoms with van der Waals surface area (Å²) >= 11 is 9.64. The number of benzene rings is 3. The first kappa shape index (κ1) is 21.2. The molecule has 0 aliphatic rings. The van der Waals surface area contributed by atoms with Crippen molar-refractivity contribution in [1.82, 2.24) is 0 Å². The van der Waals surface area contributed by atoms with E-state index in [1.807, 2.05) is 67.6 Å². The van der Waals surface area contributed by atoms with E-state index in [2.05, 4.69) is 20.9 Å². The summed E-state index contributed by atoms with van der Waals surface area (Å²) in [5.41, 5.74) is 2.71. The van der Waals surface area contributed by atoms with E-state index >= 15 is 0 Å². The number of methoxy groups -OCH3 is 1. The minimum Gasteiger partial charge on any atom is -0.497 e. The second-order valence-corrected chi connectivity index (χ2v) is 7.43. The predicted octanol–water partition coefficient (Wildman–Crippen LogP) is 6.84. The predicted molar refractivity (Wildman–Crippen MR) is 121 cm³/mol. The first-order valence-corrected chi connectivity index (χ1v) is 10.3. The lowest BCUT2D eigenvalue weighted by atomic mass is 10.2. The maximum Gasteiger partial charge on any atom is 0.175 e. The average Bonchev–Trinajstić information content (AvgIpc) is 2.72. The Balaban J connectivity index is 1.80. The Hall–Kier alpha value is -2.50. The molecule has 3 aromatic carbocycles. The first-order valence-electron chi connectivity index (χ1n) is 9.10. The van der Waals surface area contributed by atoms with Crippen LogP contribution in [-0.2, 0) is 6.61 Å². The van der Waals surface area contributed by atoms with Crippen LogP contribution in [-0.4, -0.2) is 19.9 Å². The summed E-state index contributed by atoms with van der Waals surface area (Å²) in [5.74, 6) is 2.10. The van der Waals surface area contributed by atoms with Crippen molar-refractivity contribution in [2.24, 2.45) is 4.99 Å². The van der Waals surface area contributed by atoms with Gasteiger partial charge in [-0.3, -0.25) is 4.99 Å². The second-order valence-electron chi connectivity index (χ2n) is 6.14. The monoisotopic (exact) mass is 473 g/mol. The lowest BCUT2D eigenvalue weighted by Gasteiger charge is -2.15. The van der Waals surface area contributed by atoms with Gasteiger partial charge in [0.15, 0.2) is 11.5 Å². The minimum absolute atomic E-state index is 0.387. The van der Waals surface area contributed by atoms with Crippen LogP contribution in [0.1, 0.15) is 18.1 Å². The molecule has 0 saturated heterocycles. The van der Waals surface area contributed by atoms with Gasteiger partial charge in [0.1, 0.15) is 12.4 Å². The average molecular weight is 475 g/mol. The molecule has 0 atom stereocenters. The molecule has 0 aliphatic heterocycles. The van der Waals surface area contributed by atoms with E-state index in [0.29, 0.717) is 29.7 Å². The largest absolute Gasteiger partial charge is 0.497 e. The quantitative estimate of drug-likeness (QED) is 0.336. The van der Waals surface area contributed by atoms with Crippen molar-refractivity contribution >= 4 is 39.4 Å². The van der Waals surface area contributed by atoms with Crippen LogP contribution < -0.4 is 14.2 Å². The number of ether oxygens (including phenoxy) is 3. The molecule has 0 fully saturated rings. The Bertz CT molecular complexity index is 990. The highest BCUT2D eigenvalue weighted by Gasteiger charge is 2.12. The summed E-state index contributed by atoms with van der Waals surface area (Å²) in [6.45, 7) is 2.85. The number of nitrogens with zero attached hydrogens (tertiary/aromatic N) is 1. The van der Waals surface area contributed by atoms with E-state index in [0.717, 1.165) is 27.0 Å². The third-order valence-electron chi connectivity index (χ3n) is 4.04. The lowest BCUT2D eigenvalue weighted by molar-refractivity contribution is 0.267. The Morgan fingerprint density at radius 1 is 1.03 bits per heavy atom. The van der Waals surface area contributed by atoms with Crippen molar-refractivity contribution in [1.29, 1.82) is 0 Å². The van der Waals surface area contributed by atoms with Crippen LogP contribution in [0.4, 0.5) is 5.69 Å². The Kier molecular flexibility index (Phi) is 7.55. The summed E-state index contributed by atoms with van der Waals surface area (Å²) in [7, 11) is 1.64. The van der Waals surface area contributed by atoms with E-state index in [-0.39, 0.29) is 0 Å². The number of halogens is 2. The molecule has 0 heterocycles. The zero-order valence-electron chi connectivity index (χ0n) is 16.2. The van der Waals surface area contributed by atoms with Crippen LogP contribution in [0.3, 0.4) is 0 Å². The van der Waals surface area contributed by atoms with Crippen molar-refractivity contribution in [2.45, 2.75) is 13.5 Å². The smallest absolute Gasteiger partial charge is 0.175 e. The van der Waals surface area contributed by atoms with Gasteiger partial charge in [0.25, 0.3) is 0 Å². The molecule has 150 valence electrons. The third kappa shape index (κ3) is 5.99. The van der Waals surface area contributed by atoms with Gasteiger partial charge in [0.2, 0.25) is 0 Å². The van der Waals surface area contributed by atoms with Crippen LogP contribution >= 0.6 is 27.5 Å². The number of hydrogen-bond acceptors (Lipinski definition) is 4. The molecule has 0 aromatic heterocycles. The first-order chi connectivity index (χ1) is 14.1. The van der Waals surface area contributed by atoms with E-state index in [1.165, 1.54) is 0 Å². The molecule has 6 heteroatoms. The molecule has 0 amide bonds. The van der Waals surface area contributed by atoms with Gasteiger partial charge >= 0.3 is 0 Å². The standard InChI is InChI=1S/C23H21BrClNO3/c1-3-28-22-13-17(14-26-19-7-9-20(27-2)10-8-19)12-21(24)23(22)29-15-16-5-4-6-18(25)11-16/h4-14H,3,15H2,1-2H3. The van der Waals surface area contributed by atoms with E-state index in [1.54, 1.807) is 13.3 Å². The van der Waals surface area contributed by atoms with Crippen LogP contribution in [0.25, 0.3) is 0 Å². The van der Waals surface area contributed by atoms with Crippen molar-refractivity contribution < 1.29 is 14.2 Å². The topological polar surface area (TPSA) is 40.0 Å². The fourth-order valence-electron chi connectivity index (χ4n) is 2.67. The Labute approximate surface area is 184 Å². The van der Waals surface area contributed by atoms with Crippen LogP contribution in [0, 0.1) is 0 Å². The molecule has 0 unspecified atom stereocenters. The highest BCUT2D eigenvalue weighted by molar-refractivity contribution is 9.10. The van der Waals surface area contributed by atoms with Crippen molar-refractivity contribution in [2.75, 3.05) is 13.7 Å². The van der Waals surface area contributed by atoms with Crippen LogP contribution in [0.2, 0.25) is 5.02 Å². The van der Waals surface area contributed by atoms with E-state index < -0.39 is 0 Å². The van der Waals surface area contributed by atoms with Crippen molar-refractivity contribution in [3.8, 4) is 17.2 Å². The zero-order valence-corrected chi connectivity index (χ0v) is 18.5. The molecule has 0 saturated carbocycles. The number of rotatable bonds is 8. The number of hydrogen-bond donors (Lipinski definition) is 0. The summed E-state index contributed by atoms with van der Waals surface area (Å²) in [5, 5.41) is 0.681. The van der Waals surface area contributed by atoms with Gasteiger partial charge in [-0.2, -0.15) is 0 Å². The van der Waals surface area contributed by atoms with Gasteiger partial charge in [-0.1, -0.05) is 23.7 Å². The fourth-order valence-corrected chi connectivity index (χ4v) is 3.45. The van der Waals surface area contributed by atoms with Gasteiger partial charge in [-0.05, 0) is 82.5 Å². The van der Waals surface area contributed by atoms with Crippen LogP contribution in [0.15, 0.2) is 70.1 Å². The molecule has 0 aliphatic carbocycles. The number of aliphatic imine (C=N–C) groups is 1. The molecule has 3 aromatic rings. The summed E-state index contributed by atoms with van der Waals surface area (Å²) < 4.78 is 17.8. The third-order valence-corrected chi connectivity index (χ3v) is 4.86. The highest BCUT2D eigenvalue weighted by atomic mass is 79.9. The van der Waals surface area contributed by atoms with E-state index in [9.17, 15) is 0 Å². The molecule has 0 spiro atoms. The normalized spacial score (nSPS) is 10.9. The molecule has 3 rings (SSSR count). The maximum atomic E-state index is 6.05. The lowest BCUT2D eigenvalue weighted by Crippen LogP contribution is -2.01.